The fourth-order valence-corrected chi connectivity index (χ4v) is 0.879. The Morgan fingerprint density at radius 3 is 2.64 bits per heavy atom. The Balaban J connectivity index is 3.26. The van der Waals surface area contributed by atoms with E-state index >= 15 is 0 Å². The molecule has 4 nitrogen and oxygen atoms in total. The number of rotatable bonds is 7. The Morgan fingerprint density at radius 2 is 2.07 bits per heavy atom. The molecular formula is C10H20O4. The summed E-state index contributed by atoms with van der Waals surface area (Å²) in [4.78, 5) is 10.6. The Hall–Kier alpha value is -0.770. The summed E-state index contributed by atoms with van der Waals surface area (Å²) in [6, 6.07) is 0. The van der Waals surface area contributed by atoms with Crippen LogP contribution in [0.2, 0.25) is 0 Å². The predicted molar refractivity (Wildman–Crippen MR) is 53.3 cm³/mol. The molecule has 1 atom stereocenters. The molecule has 14 heavy (non-hydrogen) atoms. The third kappa shape index (κ3) is 7.86. The minimum Gasteiger partial charge on any atom is -0.438 e. The summed E-state index contributed by atoms with van der Waals surface area (Å²) in [7, 11) is 1.30. The number of hydrogen-bond acceptors (Lipinski definition) is 4. The van der Waals surface area contributed by atoms with Gasteiger partial charge in [-0.05, 0) is 13.3 Å². The number of carbonyl (C=O) groups is 1. The van der Waals surface area contributed by atoms with Crippen LogP contribution in [0.5, 0.6) is 0 Å². The molecular weight excluding hydrogens is 184 g/mol. The van der Waals surface area contributed by atoms with E-state index in [4.69, 9.17) is 9.47 Å². The first-order valence-corrected chi connectivity index (χ1v) is 5.03. The zero-order valence-electron chi connectivity index (χ0n) is 9.25. The van der Waals surface area contributed by atoms with Crippen LogP contribution in [-0.2, 0) is 14.2 Å². The molecule has 0 aliphatic rings. The van der Waals surface area contributed by atoms with Gasteiger partial charge in [-0.15, -0.1) is 0 Å². The first-order chi connectivity index (χ1) is 6.70. The summed E-state index contributed by atoms with van der Waals surface area (Å²) in [5, 5.41) is 0. The summed E-state index contributed by atoms with van der Waals surface area (Å²) < 4.78 is 14.5. The van der Waals surface area contributed by atoms with Crippen LogP contribution in [0, 0.1) is 0 Å². The zero-order chi connectivity index (χ0) is 10.8. The van der Waals surface area contributed by atoms with Crippen LogP contribution in [0.1, 0.15) is 33.1 Å². The highest BCUT2D eigenvalue weighted by molar-refractivity contribution is 5.59. The normalized spacial score (nSPS) is 12.2. The van der Waals surface area contributed by atoms with Gasteiger partial charge >= 0.3 is 6.16 Å². The van der Waals surface area contributed by atoms with Gasteiger partial charge in [0.2, 0.25) is 0 Å². The van der Waals surface area contributed by atoms with Crippen molar-refractivity contribution in [2.75, 3.05) is 20.3 Å². The van der Waals surface area contributed by atoms with Gasteiger partial charge < -0.3 is 14.2 Å². The molecule has 4 heteroatoms. The quantitative estimate of drug-likeness (QED) is 0.471. The molecule has 0 heterocycles. The van der Waals surface area contributed by atoms with Crippen LogP contribution in [0.15, 0.2) is 0 Å². The largest absolute Gasteiger partial charge is 0.507 e. The number of hydrogen-bond donors (Lipinski definition) is 0. The molecule has 0 saturated heterocycles. The Kier molecular flexibility index (Phi) is 8.33. The van der Waals surface area contributed by atoms with Crippen molar-refractivity contribution in [1.82, 2.24) is 0 Å². The van der Waals surface area contributed by atoms with Gasteiger partial charge in [0.1, 0.15) is 0 Å². The van der Waals surface area contributed by atoms with Crippen molar-refractivity contribution in [3.8, 4) is 0 Å². The number of ether oxygens (including phenoxy) is 3. The maximum atomic E-state index is 10.6. The summed E-state index contributed by atoms with van der Waals surface area (Å²) >= 11 is 0. The lowest BCUT2D eigenvalue weighted by atomic mass is 10.3. The molecule has 0 aliphatic carbocycles. The van der Waals surface area contributed by atoms with Gasteiger partial charge in [0.05, 0.1) is 19.8 Å². The smallest absolute Gasteiger partial charge is 0.438 e. The van der Waals surface area contributed by atoms with Crippen LogP contribution < -0.4 is 0 Å². The van der Waals surface area contributed by atoms with Crippen molar-refractivity contribution in [2.45, 2.75) is 39.2 Å². The maximum absolute atomic E-state index is 10.6. The van der Waals surface area contributed by atoms with Gasteiger partial charge in [-0.2, -0.15) is 0 Å². The second-order valence-electron chi connectivity index (χ2n) is 3.13. The lowest BCUT2D eigenvalue weighted by Crippen LogP contribution is -2.14. The summed E-state index contributed by atoms with van der Waals surface area (Å²) in [5.41, 5.74) is 0. The fourth-order valence-electron chi connectivity index (χ4n) is 0.879. The minimum atomic E-state index is -0.634. The number of carbonyl (C=O) groups excluding carboxylic acids is 1. The van der Waals surface area contributed by atoms with Crippen LogP contribution >= 0.6 is 0 Å². The van der Waals surface area contributed by atoms with E-state index < -0.39 is 6.16 Å². The molecule has 0 saturated carbocycles. The van der Waals surface area contributed by atoms with Gasteiger partial charge in [-0.25, -0.2) is 4.79 Å². The second kappa shape index (κ2) is 8.81. The molecule has 0 bridgehead atoms. The summed E-state index contributed by atoms with van der Waals surface area (Å²) in [6.45, 7) is 5.21. The van der Waals surface area contributed by atoms with Gasteiger partial charge in [0.25, 0.3) is 0 Å². The minimum absolute atomic E-state index is 0.131. The lowest BCUT2D eigenvalue weighted by Gasteiger charge is -2.12. The highest BCUT2D eigenvalue weighted by atomic mass is 16.7. The first kappa shape index (κ1) is 13.2. The first-order valence-electron chi connectivity index (χ1n) is 5.03. The van der Waals surface area contributed by atoms with Crippen molar-refractivity contribution in [2.24, 2.45) is 0 Å². The lowest BCUT2D eigenvalue weighted by molar-refractivity contribution is 0.0280. The third-order valence-corrected chi connectivity index (χ3v) is 1.81. The van der Waals surface area contributed by atoms with Crippen LogP contribution in [0.4, 0.5) is 4.79 Å². The van der Waals surface area contributed by atoms with Crippen LogP contribution in [0.3, 0.4) is 0 Å². The van der Waals surface area contributed by atoms with Crippen molar-refractivity contribution in [3.63, 3.8) is 0 Å². The average molecular weight is 204 g/mol. The molecule has 1 unspecified atom stereocenters. The molecule has 0 aromatic rings. The van der Waals surface area contributed by atoms with Crippen molar-refractivity contribution >= 4 is 6.16 Å². The van der Waals surface area contributed by atoms with E-state index in [0.717, 1.165) is 19.4 Å². The molecule has 0 rings (SSSR count). The molecule has 0 N–H and O–H groups in total. The Labute approximate surface area is 85.5 Å². The standard InChI is InChI=1S/C10H20O4/c1-4-5-7-13-9(2)6-8-14-10(11)12-3/h9H,4-8H2,1-3H3. The molecule has 0 aromatic carbocycles. The Morgan fingerprint density at radius 1 is 1.36 bits per heavy atom. The molecule has 84 valence electrons. The topological polar surface area (TPSA) is 44.8 Å². The summed E-state index contributed by atoms with van der Waals surface area (Å²) in [6.07, 6.45) is 2.41. The van der Waals surface area contributed by atoms with Crippen molar-refractivity contribution in [3.05, 3.63) is 0 Å². The molecule has 0 radical (unpaired) electrons. The number of unbranched alkanes of at least 4 members (excludes halogenated alkanes) is 1. The van der Waals surface area contributed by atoms with Gasteiger partial charge in [-0.3, -0.25) is 0 Å². The maximum Gasteiger partial charge on any atom is 0.507 e. The Bertz CT molecular complexity index is 147. The SMILES string of the molecule is CCCCOC(C)CCOC(=O)OC. The van der Waals surface area contributed by atoms with E-state index in [-0.39, 0.29) is 6.10 Å². The summed E-state index contributed by atoms with van der Waals surface area (Å²) in [5.74, 6) is 0. The second-order valence-corrected chi connectivity index (χ2v) is 3.13. The van der Waals surface area contributed by atoms with E-state index in [1.165, 1.54) is 7.11 Å². The monoisotopic (exact) mass is 204 g/mol. The fraction of sp³-hybridized carbons (Fsp3) is 0.900. The predicted octanol–water partition coefficient (Wildman–Crippen LogP) is 2.36. The van der Waals surface area contributed by atoms with E-state index in [1.807, 2.05) is 6.92 Å². The highest BCUT2D eigenvalue weighted by Gasteiger charge is 2.04. The van der Waals surface area contributed by atoms with E-state index in [2.05, 4.69) is 11.7 Å². The average Bonchev–Trinajstić information content (AvgIpc) is 2.18. The van der Waals surface area contributed by atoms with Crippen molar-refractivity contribution in [1.29, 1.82) is 0 Å². The van der Waals surface area contributed by atoms with E-state index in [9.17, 15) is 4.79 Å². The zero-order valence-corrected chi connectivity index (χ0v) is 9.25. The molecule has 0 fully saturated rings. The van der Waals surface area contributed by atoms with Crippen LogP contribution in [-0.4, -0.2) is 32.6 Å². The molecule has 0 spiro atoms. The molecule has 0 aliphatic heterocycles. The molecule has 0 amide bonds. The van der Waals surface area contributed by atoms with Gasteiger partial charge in [0.15, 0.2) is 0 Å². The van der Waals surface area contributed by atoms with E-state index in [0.29, 0.717) is 13.0 Å². The third-order valence-electron chi connectivity index (χ3n) is 1.81. The van der Waals surface area contributed by atoms with Gasteiger partial charge in [-0.1, -0.05) is 13.3 Å². The van der Waals surface area contributed by atoms with E-state index in [1.54, 1.807) is 0 Å². The highest BCUT2D eigenvalue weighted by Crippen LogP contribution is 2.00. The number of methoxy groups -OCH3 is 1. The van der Waals surface area contributed by atoms with Crippen molar-refractivity contribution < 1.29 is 19.0 Å². The van der Waals surface area contributed by atoms with Crippen LogP contribution in [0.25, 0.3) is 0 Å². The molecule has 0 aromatic heterocycles. The van der Waals surface area contributed by atoms with Gasteiger partial charge in [0, 0.05) is 13.0 Å².